The smallest absolute Gasteiger partial charge is 0.326 e. The highest BCUT2D eigenvalue weighted by Crippen LogP contribution is 2.27. The molecule has 6 nitrogen and oxygen atoms in total. The molecule has 1 heterocycles. The minimum absolute atomic E-state index is 0.0377. The lowest BCUT2D eigenvalue weighted by molar-refractivity contribution is -0.143. The van der Waals surface area contributed by atoms with E-state index in [0.717, 1.165) is 0 Å². The summed E-state index contributed by atoms with van der Waals surface area (Å²) in [6.45, 7) is 3.41. The number of para-hydroxylation sites is 1. The number of anilines is 1. The maximum absolute atomic E-state index is 13.8. The molecular formula is C16H19FN2O4. The lowest BCUT2D eigenvalue weighted by Gasteiger charge is -2.20. The van der Waals surface area contributed by atoms with Gasteiger partial charge >= 0.3 is 5.97 Å². The number of halogens is 1. The van der Waals surface area contributed by atoms with Gasteiger partial charge in [-0.1, -0.05) is 26.0 Å². The molecule has 0 aromatic heterocycles. The average Bonchev–Trinajstić information content (AvgIpc) is 2.86. The zero-order valence-electron chi connectivity index (χ0n) is 13.0. The van der Waals surface area contributed by atoms with Crippen LogP contribution in [0.2, 0.25) is 0 Å². The molecule has 2 atom stereocenters. The van der Waals surface area contributed by atoms with Crippen LogP contribution in [-0.2, 0) is 14.4 Å². The molecule has 0 bridgehead atoms. The molecule has 1 fully saturated rings. The van der Waals surface area contributed by atoms with E-state index in [2.05, 4.69) is 5.32 Å². The van der Waals surface area contributed by atoms with Gasteiger partial charge in [-0.05, 0) is 18.1 Å². The van der Waals surface area contributed by atoms with Crippen LogP contribution in [0.5, 0.6) is 0 Å². The van der Waals surface area contributed by atoms with Crippen LogP contribution in [0.15, 0.2) is 24.3 Å². The van der Waals surface area contributed by atoms with Crippen molar-refractivity contribution in [3.05, 3.63) is 30.1 Å². The summed E-state index contributed by atoms with van der Waals surface area (Å²) in [5, 5.41) is 11.6. The normalized spacial score (nSPS) is 19.0. The molecule has 2 amide bonds. The first-order valence-corrected chi connectivity index (χ1v) is 7.39. The predicted octanol–water partition coefficient (Wildman–Crippen LogP) is 1.40. The predicted molar refractivity (Wildman–Crippen MR) is 81.3 cm³/mol. The summed E-state index contributed by atoms with van der Waals surface area (Å²) < 4.78 is 13.8. The van der Waals surface area contributed by atoms with E-state index in [1.807, 2.05) is 0 Å². The van der Waals surface area contributed by atoms with Gasteiger partial charge in [0.25, 0.3) is 0 Å². The van der Waals surface area contributed by atoms with Gasteiger partial charge in [-0.25, -0.2) is 9.18 Å². The first-order valence-electron chi connectivity index (χ1n) is 7.39. The Morgan fingerprint density at radius 2 is 2.00 bits per heavy atom. The summed E-state index contributed by atoms with van der Waals surface area (Å²) in [4.78, 5) is 36.7. The maximum Gasteiger partial charge on any atom is 0.326 e. The largest absolute Gasteiger partial charge is 0.480 e. The molecule has 1 aromatic rings. The molecule has 2 rings (SSSR count). The Hall–Kier alpha value is -2.44. The second-order valence-electron chi connectivity index (χ2n) is 5.93. The average molecular weight is 322 g/mol. The van der Waals surface area contributed by atoms with Crippen LogP contribution < -0.4 is 10.2 Å². The van der Waals surface area contributed by atoms with Gasteiger partial charge in [-0.15, -0.1) is 0 Å². The van der Waals surface area contributed by atoms with Crippen molar-refractivity contribution in [2.45, 2.75) is 26.3 Å². The monoisotopic (exact) mass is 322 g/mol. The van der Waals surface area contributed by atoms with Crippen LogP contribution in [0, 0.1) is 17.7 Å². The molecule has 7 heteroatoms. The van der Waals surface area contributed by atoms with Crippen LogP contribution in [0.25, 0.3) is 0 Å². The number of amides is 2. The van der Waals surface area contributed by atoms with E-state index in [9.17, 15) is 18.8 Å². The third kappa shape index (κ3) is 3.67. The first-order chi connectivity index (χ1) is 10.8. The van der Waals surface area contributed by atoms with E-state index in [4.69, 9.17) is 5.11 Å². The first kappa shape index (κ1) is 16.9. The number of nitrogens with one attached hydrogen (secondary N) is 1. The Bertz CT molecular complexity index is 632. The molecule has 1 aliphatic heterocycles. The zero-order valence-corrected chi connectivity index (χ0v) is 13.0. The van der Waals surface area contributed by atoms with E-state index < -0.39 is 29.7 Å². The lowest BCUT2D eigenvalue weighted by atomic mass is 10.0. The summed E-state index contributed by atoms with van der Waals surface area (Å²) in [7, 11) is 0. The highest BCUT2D eigenvalue weighted by molar-refractivity contribution is 6.00. The van der Waals surface area contributed by atoms with Crippen molar-refractivity contribution in [2.75, 3.05) is 11.4 Å². The van der Waals surface area contributed by atoms with E-state index in [-0.39, 0.29) is 30.5 Å². The summed E-state index contributed by atoms with van der Waals surface area (Å²) in [6.07, 6.45) is -0.0649. The standard InChI is InChI=1S/C16H19FN2O4/c1-9(2)14(16(22)23)18-15(21)10-7-13(20)19(8-10)12-6-4-3-5-11(12)17/h3-6,9-10,14H,7-8H2,1-2H3,(H,18,21)(H,22,23)/t10?,14-/m0/s1. The molecule has 1 saturated heterocycles. The second kappa shape index (κ2) is 6.76. The number of hydrogen-bond donors (Lipinski definition) is 2. The van der Waals surface area contributed by atoms with Crippen molar-refractivity contribution in [3.63, 3.8) is 0 Å². The molecule has 1 unspecified atom stereocenters. The number of carbonyl (C=O) groups excluding carboxylic acids is 2. The van der Waals surface area contributed by atoms with Gasteiger partial charge in [-0.3, -0.25) is 9.59 Å². The number of hydrogen-bond acceptors (Lipinski definition) is 3. The third-order valence-corrected chi connectivity index (χ3v) is 3.87. The van der Waals surface area contributed by atoms with Crippen molar-refractivity contribution in [3.8, 4) is 0 Å². The summed E-state index contributed by atoms with van der Waals surface area (Å²) in [6, 6.07) is 4.83. The third-order valence-electron chi connectivity index (χ3n) is 3.87. The molecule has 1 aromatic carbocycles. The van der Waals surface area contributed by atoms with E-state index in [1.54, 1.807) is 19.9 Å². The van der Waals surface area contributed by atoms with Gasteiger partial charge < -0.3 is 15.3 Å². The van der Waals surface area contributed by atoms with Crippen molar-refractivity contribution < 1.29 is 23.9 Å². The number of nitrogens with zero attached hydrogens (tertiary/aromatic N) is 1. The minimum atomic E-state index is -1.12. The van der Waals surface area contributed by atoms with Crippen molar-refractivity contribution in [1.29, 1.82) is 0 Å². The molecule has 1 aliphatic rings. The number of carboxylic acids is 1. The highest BCUT2D eigenvalue weighted by atomic mass is 19.1. The van der Waals surface area contributed by atoms with Crippen LogP contribution in [0.3, 0.4) is 0 Å². The SMILES string of the molecule is CC(C)[C@H](NC(=O)C1CC(=O)N(c2ccccc2F)C1)C(=O)O. The fourth-order valence-corrected chi connectivity index (χ4v) is 2.57. The fraction of sp³-hybridized carbons (Fsp3) is 0.438. The highest BCUT2D eigenvalue weighted by Gasteiger charge is 2.37. The quantitative estimate of drug-likeness (QED) is 0.858. The van der Waals surface area contributed by atoms with E-state index in [1.165, 1.54) is 23.1 Å². The van der Waals surface area contributed by atoms with Gasteiger partial charge in [0.2, 0.25) is 11.8 Å². The topological polar surface area (TPSA) is 86.7 Å². The molecule has 124 valence electrons. The van der Waals surface area contributed by atoms with E-state index >= 15 is 0 Å². The van der Waals surface area contributed by atoms with Gasteiger partial charge in [0.05, 0.1) is 11.6 Å². The van der Waals surface area contributed by atoms with Gasteiger partial charge in [0, 0.05) is 13.0 Å². The lowest BCUT2D eigenvalue weighted by Crippen LogP contribution is -2.47. The van der Waals surface area contributed by atoms with Gasteiger partial charge in [0.15, 0.2) is 0 Å². The Balaban J connectivity index is 2.09. The molecule has 2 N–H and O–H groups in total. The number of carbonyl (C=O) groups is 3. The molecule has 0 radical (unpaired) electrons. The maximum atomic E-state index is 13.8. The fourth-order valence-electron chi connectivity index (χ4n) is 2.57. The van der Waals surface area contributed by atoms with Crippen molar-refractivity contribution in [2.24, 2.45) is 11.8 Å². The number of aliphatic carboxylic acids is 1. The zero-order chi connectivity index (χ0) is 17.1. The van der Waals surface area contributed by atoms with Crippen LogP contribution in [-0.4, -0.2) is 35.5 Å². The minimum Gasteiger partial charge on any atom is -0.480 e. The summed E-state index contributed by atoms with van der Waals surface area (Å²) >= 11 is 0. The van der Waals surface area contributed by atoms with Crippen LogP contribution >= 0.6 is 0 Å². The summed E-state index contributed by atoms with van der Waals surface area (Å²) in [5.41, 5.74) is 0.131. The molecule has 0 spiro atoms. The van der Waals surface area contributed by atoms with Crippen molar-refractivity contribution in [1.82, 2.24) is 5.32 Å². The molecule has 23 heavy (non-hydrogen) atoms. The number of rotatable bonds is 5. The number of carboxylic acid groups (broad SMARTS) is 1. The Labute approximate surface area is 133 Å². The molecule has 0 aliphatic carbocycles. The number of benzene rings is 1. The Morgan fingerprint density at radius 3 is 2.57 bits per heavy atom. The van der Waals surface area contributed by atoms with E-state index in [0.29, 0.717) is 0 Å². The van der Waals surface area contributed by atoms with Crippen LogP contribution in [0.1, 0.15) is 20.3 Å². The summed E-state index contributed by atoms with van der Waals surface area (Å²) in [5.74, 6) is -3.49. The molecular weight excluding hydrogens is 303 g/mol. The van der Waals surface area contributed by atoms with Crippen LogP contribution in [0.4, 0.5) is 10.1 Å². The van der Waals surface area contributed by atoms with Gasteiger partial charge in [0.1, 0.15) is 11.9 Å². The van der Waals surface area contributed by atoms with Crippen molar-refractivity contribution >= 4 is 23.5 Å². The van der Waals surface area contributed by atoms with Gasteiger partial charge in [-0.2, -0.15) is 0 Å². The molecule has 0 saturated carbocycles. The Kier molecular flexibility index (Phi) is 4.98. The Morgan fingerprint density at radius 1 is 1.35 bits per heavy atom. The second-order valence-corrected chi connectivity index (χ2v) is 5.93.